The fourth-order valence-corrected chi connectivity index (χ4v) is 1.84. The number of ether oxygens (including phenoxy) is 3. The van der Waals surface area contributed by atoms with E-state index in [0.717, 1.165) is 5.57 Å². The number of rotatable bonds is 2. The third-order valence-electron chi connectivity index (χ3n) is 2.41. The Morgan fingerprint density at radius 1 is 1.53 bits per heavy atom. The van der Waals surface area contributed by atoms with Crippen molar-refractivity contribution in [2.45, 2.75) is 31.8 Å². The predicted octanol–water partition coefficient (Wildman–Crippen LogP) is -0.0180. The average molecular weight is 214 g/mol. The quantitative estimate of drug-likeness (QED) is 0.654. The number of esters is 1. The first-order valence-electron chi connectivity index (χ1n) is 4.85. The van der Waals surface area contributed by atoms with Crippen LogP contribution in [0.15, 0.2) is 11.6 Å². The van der Waals surface area contributed by atoms with E-state index in [-0.39, 0.29) is 19.2 Å². The van der Waals surface area contributed by atoms with Crippen LogP contribution in [0.5, 0.6) is 0 Å². The summed E-state index contributed by atoms with van der Waals surface area (Å²) in [6, 6.07) is 0. The lowest BCUT2D eigenvalue weighted by Gasteiger charge is -2.16. The highest BCUT2D eigenvalue weighted by Gasteiger charge is 2.43. The standard InChI is InChI=1S/C10H14O5/c1-10(2)14-7(4-11)9(15-10)6-3-8(12)13-5-6/h3,7,9,11H,4-5H2,1-2H3/t7-,9+/m0/s1. The number of hydrogen-bond acceptors (Lipinski definition) is 5. The van der Waals surface area contributed by atoms with Gasteiger partial charge < -0.3 is 19.3 Å². The molecule has 1 N–H and O–H groups in total. The highest BCUT2D eigenvalue weighted by Crippen LogP contribution is 2.33. The van der Waals surface area contributed by atoms with Gasteiger partial charge in [-0.1, -0.05) is 0 Å². The maximum absolute atomic E-state index is 10.9. The van der Waals surface area contributed by atoms with Gasteiger partial charge in [-0.05, 0) is 13.8 Å². The maximum atomic E-state index is 10.9. The zero-order chi connectivity index (χ0) is 11.1. The highest BCUT2D eigenvalue weighted by atomic mass is 16.8. The van der Waals surface area contributed by atoms with Gasteiger partial charge in [-0.3, -0.25) is 0 Å². The molecule has 2 atom stereocenters. The number of carbonyl (C=O) groups is 1. The largest absolute Gasteiger partial charge is 0.458 e. The number of aliphatic hydroxyl groups is 1. The van der Waals surface area contributed by atoms with E-state index in [1.807, 2.05) is 0 Å². The molecule has 0 spiro atoms. The summed E-state index contributed by atoms with van der Waals surface area (Å²) >= 11 is 0. The maximum Gasteiger partial charge on any atom is 0.331 e. The summed E-state index contributed by atoms with van der Waals surface area (Å²) in [5.74, 6) is -1.10. The summed E-state index contributed by atoms with van der Waals surface area (Å²) < 4.78 is 15.9. The molecule has 0 aromatic carbocycles. The lowest BCUT2D eigenvalue weighted by molar-refractivity contribution is -0.147. The normalized spacial score (nSPS) is 34.1. The first-order valence-corrected chi connectivity index (χ1v) is 4.85. The predicted molar refractivity (Wildman–Crippen MR) is 50.0 cm³/mol. The van der Waals surface area contributed by atoms with Crippen LogP contribution in [0.3, 0.4) is 0 Å². The number of hydrogen-bond donors (Lipinski definition) is 1. The van der Waals surface area contributed by atoms with Crippen molar-refractivity contribution in [2.24, 2.45) is 0 Å². The van der Waals surface area contributed by atoms with Gasteiger partial charge in [-0.15, -0.1) is 0 Å². The van der Waals surface area contributed by atoms with Crippen LogP contribution in [0.4, 0.5) is 0 Å². The van der Waals surface area contributed by atoms with Crippen LogP contribution in [-0.2, 0) is 19.0 Å². The van der Waals surface area contributed by atoms with E-state index in [0.29, 0.717) is 0 Å². The Balaban J connectivity index is 2.15. The molecule has 1 saturated heterocycles. The summed E-state index contributed by atoms with van der Waals surface area (Å²) in [5, 5.41) is 9.14. The second-order valence-corrected chi connectivity index (χ2v) is 4.10. The second-order valence-electron chi connectivity index (χ2n) is 4.10. The first-order chi connectivity index (χ1) is 7.02. The molecule has 1 fully saturated rings. The zero-order valence-corrected chi connectivity index (χ0v) is 8.73. The lowest BCUT2D eigenvalue weighted by Crippen LogP contribution is -2.28. The number of cyclic esters (lactones) is 1. The number of aliphatic hydroxyl groups excluding tert-OH is 1. The summed E-state index contributed by atoms with van der Waals surface area (Å²) in [7, 11) is 0. The molecule has 0 bridgehead atoms. The second kappa shape index (κ2) is 3.59. The Bertz CT molecular complexity index is 307. The van der Waals surface area contributed by atoms with Crippen LogP contribution in [0.1, 0.15) is 13.8 Å². The van der Waals surface area contributed by atoms with Crippen molar-refractivity contribution in [1.29, 1.82) is 0 Å². The minimum Gasteiger partial charge on any atom is -0.458 e. The summed E-state index contributed by atoms with van der Waals surface area (Å²) in [6.45, 7) is 3.63. The monoisotopic (exact) mass is 214 g/mol. The van der Waals surface area contributed by atoms with Gasteiger partial charge in [0.25, 0.3) is 0 Å². The Labute approximate surface area is 87.6 Å². The van der Waals surface area contributed by atoms with E-state index in [1.165, 1.54) is 6.08 Å². The molecule has 2 rings (SSSR count). The van der Waals surface area contributed by atoms with Gasteiger partial charge >= 0.3 is 5.97 Å². The Morgan fingerprint density at radius 3 is 2.80 bits per heavy atom. The van der Waals surface area contributed by atoms with E-state index >= 15 is 0 Å². The van der Waals surface area contributed by atoms with Crippen LogP contribution in [-0.4, -0.2) is 42.3 Å². The minimum atomic E-state index is -0.732. The molecule has 0 aromatic heterocycles. The van der Waals surface area contributed by atoms with Gasteiger partial charge in [0, 0.05) is 11.6 Å². The molecule has 0 saturated carbocycles. The van der Waals surface area contributed by atoms with Gasteiger partial charge in [0.1, 0.15) is 18.8 Å². The van der Waals surface area contributed by atoms with Gasteiger partial charge in [0.2, 0.25) is 0 Å². The van der Waals surface area contributed by atoms with Crippen LogP contribution in [0, 0.1) is 0 Å². The molecule has 0 aliphatic carbocycles. The first kappa shape index (κ1) is 10.6. The molecule has 2 heterocycles. The fourth-order valence-electron chi connectivity index (χ4n) is 1.84. The summed E-state index contributed by atoms with van der Waals surface area (Å²) in [6.07, 6.45) is 0.579. The third-order valence-corrected chi connectivity index (χ3v) is 2.41. The highest BCUT2D eigenvalue weighted by molar-refractivity contribution is 5.85. The zero-order valence-electron chi connectivity index (χ0n) is 8.73. The topological polar surface area (TPSA) is 65.0 Å². The van der Waals surface area contributed by atoms with Crippen LogP contribution < -0.4 is 0 Å². The molecule has 84 valence electrons. The van der Waals surface area contributed by atoms with Crippen molar-refractivity contribution < 1.29 is 24.1 Å². The van der Waals surface area contributed by atoms with Gasteiger partial charge in [-0.25, -0.2) is 4.79 Å². The molecule has 5 nitrogen and oxygen atoms in total. The Morgan fingerprint density at radius 2 is 2.27 bits per heavy atom. The molecular formula is C10H14O5. The smallest absolute Gasteiger partial charge is 0.331 e. The van der Waals surface area contributed by atoms with Gasteiger partial charge in [-0.2, -0.15) is 0 Å². The molecule has 2 aliphatic rings. The summed E-state index contributed by atoms with van der Waals surface area (Å²) in [5.41, 5.74) is 0.727. The molecule has 0 radical (unpaired) electrons. The van der Waals surface area contributed by atoms with E-state index < -0.39 is 18.0 Å². The molecule has 15 heavy (non-hydrogen) atoms. The molecule has 0 amide bonds. The molecule has 0 aromatic rings. The number of carbonyl (C=O) groups excluding carboxylic acids is 1. The Kier molecular flexibility index (Phi) is 2.54. The van der Waals surface area contributed by atoms with Crippen LogP contribution >= 0.6 is 0 Å². The van der Waals surface area contributed by atoms with E-state index in [1.54, 1.807) is 13.8 Å². The minimum absolute atomic E-state index is 0.139. The molecule has 5 heteroatoms. The lowest BCUT2D eigenvalue weighted by atomic mass is 10.1. The molecular weight excluding hydrogens is 200 g/mol. The van der Waals surface area contributed by atoms with Crippen LogP contribution in [0.2, 0.25) is 0 Å². The van der Waals surface area contributed by atoms with Crippen molar-refractivity contribution in [1.82, 2.24) is 0 Å². The summed E-state index contributed by atoms with van der Waals surface area (Å²) in [4.78, 5) is 10.9. The van der Waals surface area contributed by atoms with E-state index in [9.17, 15) is 4.79 Å². The van der Waals surface area contributed by atoms with E-state index in [4.69, 9.17) is 19.3 Å². The van der Waals surface area contributed by atoms with Crippen molar-refractivity contribution >= 4 is 5.97 Å². The van der Waals surface area contributed by atoms with Crippen molar-refractivity contribution in [3.05, 3.63) is 11.6 Å². The average Bonchev–Trinajstić information content (AvgIpc) is 2.69. The fraction of sp³-hybridized carbons (Fsp3) is 0.700. The van der Waals surface area contributed by atoms with Crippen molar-refractivity contribution in [2.75, 3.05) is 13.2 Å². The van der Waals surface area contributed by atoms with Crippen molar-refractivity contribution in [3.63, 3.8) is 0 Å². The molecule has 2 aliphatic heterocycles. The van der Waals surface area contributed by atoms with Gasteiger partial charge in [0.15, 0.2) is 5.79 Å². The van der Waals surface area contributed by atoms with Crippen LogP contribution in [0.25, 0.3) is 0 Å². The van der Waals surface area contributed by atoms with Crippen molar-refractivity contribution in [3.8, 4) is 0 Å². The third kappa shape index (κ3) is 2.04. The molecule has 0 unspecified atom stereocenters. The SMILES string of the molecule is CC1(C)O[C@@H](CO)[C@@H](C2=CC(=O)OC2)O1. The van der Waals surface area contributed by atoms with E-state index in [2.05, 4.69) is 0 Å². The Hall–Kier alpha value is -0.910. The van der Waals surface area contributed by atoms with Gasteiger partial charge in [0.05, 0.1) is 6.61 Å².